The molecule has 0 fully saturated rings. The second-order valence-corrected chi connectivity index (χ2v) is 3.36. The summed E-state index contributed by atoms with van der Waals surface area (Å²) in [6.07, 6.45) is -1.90. The lowest BCUT2D eigenvalue weighted by Crippen LogP contribution is -2.53. The molecule has 0 spiro atoms. The van der Waals surface area contributed by atoms with E-state index in [0.717, 1.165) is 0 Å². The van der Waals surface area contributed by atoms with Gasteiger partial charge in [0.05, 0.1) is 5.54 Å². The van der Waals surface area contributed by atoms with Crippen molar-refractivity contribution < 1.29 is 15.3 Å². The van der Waals surface area contributed by atoms with Crippen LogP contribution in [-0.2, 0) is 0 Å². The third kappa shape index (κ3) is 1.42. The van der Waals surface area contributed by atoms with Crippen molar-refractivity contribution in [2.75, 3.05) is 0 Å². The van der Waals surface area contributed by atoms with Gasteiger partial charge in [-0.05, 0) is 13.8 Å². The third-order valence-electron chi connectivity index (χ3n) is 1.96. The van der Waals surface area contributed by atoms with Gasteiger partial charge in [-0.15, -0.1) is 0 Å². The van der Waals surface area contributed by atoms with Gasteiger partial charge in [0.25, 0.3) is 0 Å². The quantitative estimate of drug-likeness (QED) is 0.421. The first-order valence-electron chi connectivity index (χ1n) is 3.55. The molecule has 0 radical (unpaired) electrons. The monoisotopic (exact) mass is 159 g/mol. The second kappa shape index (κ2) is 2.55. The maximum Gasteiger partial charge on any atom is 0.117 e. The molecule has 3 N–H and O–H groups in total. The SMILES string of the molecule is CC1(C)N=CC(O)C(O)C1O. The van der Waals surface area contributed by atoms with Crippen LogP contribution in [0.25, 0.3) is 0 Å². The fourth-order valence-electron chi connectivity index (χ4n) is 1.04. The Labute approximate surface area is 65.2 Å². The molecule has 3 unspecified atom stereocenters. The molecule has 11 heavy (non-hydrogen) atoms. The highest BCUT2D eigenvalue weighted by Crippen LogP contribution is 2.22. The van der Waals surface area contributed by atoms with Crippen LogP contribution in [0.4, 0.5) is 0 Å². The summed E-state index contributed by atoms with van der Waals surface area (Å²) in [6, 6.07) is 0. The predicted molar refractivity (Wildman–Crippen MR) is 40.6 cm³/mol. The summed E-state index contributed by atoms with van der Waals surface area (Å²) < 4.78 is 0. The Kier molecular flexibility index (Phi) is 2.00. The van der Waals surface area contributed by atoms with Crippen molar-refractivity contribution in [3.63, 3.8) is 0 Å². The van der Waals surface area contributed by atoms with Crippen molar-refractivity contribution in [1.29, 1.82) is 0 Å². The molecule has 3 atom stereocenters. The van der Waals surface area contributed by atoms with Crippen LogP contribution in [0.3, 0.4) is 0 Å². The zero-order chi connectivity index (χ0) is 8.65. The number of aliphatic hydroxyl groups excluding tert-OH is 3. The first-order chi connectivity index (χ1) is 4.95. The maximum atomic E-state index is 9.35. The van der Waals surface area contributed by atoms with E-state index < -0.39 is 23.9 Å². The highest BCUT2D eigenvalue weighted by atomic mass is 16.4. The Morgan fingerprint density at radius 3 is 2.27 bits per heavy atom. The van der Waals surface area contributed by atoms with Crippen LogP contribution >= 0.6 is 0 Å². The van der Waals surface area contributed by atoms with Gasteiger partial charge in [0.1, 0.15) is 18.3 Å². The van der Waals surface area contributed by atoms with E-state index in [1.165, 1.54) is 6.21 Å². The molecule has 0 aliphatic carbocycles. The molecule has 0 aromatic carbocycles. The van der Waals surface area contributed by atoms with E-state index in [1.54, 1.807) is 13.8 Å². The van der Waals surface area contributed by atoms with E-state index in [-0.39, 0.29) is 0 Å². The van der Waals surface area contributed by atoms with Gasteiger partial charge < -0.3 is 15.3 Å². The molecule has 4 nitrogen and oxygen atoms in total. The fourth-order valence-corrected chi connectivity index (χ4v) is 1.04. The zero-order valence-electron chi connectivity index (χ0n) is 6.60. The van der Waals surface area contributed by atoms with Crippen molar-refractivity contribution in [2.24, 2.45) is 4.99 Å². The molecule has 0 aromatic rings. The minimum atomic E-state index is -1.12. The van der Waals surface area contributed by atoms with Gasteiger partial charge in [-0.2, -0.15) is 0 Å². The summed E-state index contributed by atoms with van der Waals surface area (Å²) in [5.74, 6) is 0. The molecule has 64 valence electrons. The van der Waals surface area contributed by atoms with Crippen molar-refractivity contribution in [3.8, 4) is 0 Å². The van der Waals surface area contributed by atoms with E-state index in [1.807, 2.05) is 0 Å². The Bertz CT molecular complexity index is 179. The number of hydrogen-bond donors (Lipinski definition) is 3. The Balaban J connectivity index is 2.85. The average molecular weight is 159 g/mol. The van der Waals surface area contributed by atoms with Crippen LogP contribution in [-0.4, -0.2) is 45.4 Å². The van der Waals surface area contributed by atoms with E-state index in [2.05, 4.69) is 4.99 Å². The number of nitrogens with zero attached hydrogens (tertiary/aromatic N) is 1. The first-order valence-corrected chi connectivity index (χ1v) is 3.55. The smallest absolute Gasteiger partial charge is 0.117 e. The van der Waals surface area contributed by atoms with Crippen molar-refractivity contribution >= 4 is 6.21 Å². The number of hydrogen-bond acceptors (Lipinski definition) is 4. The maximum absolute atomic E-state index is 9.35. The van der Waals surface area contributed by atoms with Gasteiger partial charge in [-0.1, -0.05) is 0 Å². The molecule has 0 saturated heterocycles. The number of aliphatic imine (C=N–C) groups is 1. The van der Waals surface area contributed by atoms with Gasteiger partial charge in [-0.25, -0.2) is 0 Å². The molecule has 0 amide bonds. The first kappa shape index (κ1) is 8.64. The van der Waals surface area contributed by atoms with Gasteiger partial charge in [-0.3, -0.25) is 4.99 Å². The fraction of sp³-hybridized carbons (Fsp3) is 0.857. The van der Waals surface area contributed by atoms with E-state index >= 15 is 0 Å². The Morgan fingerprint density at radius 2 is 1.82 bits per heavy atom. The molecular weight excluding hydrogens is 146 g/mol. The summed E-state index contributed by atoms with van der Waals surface area (Å²) in [4.78, 5) is 3.89. The molecule has 0 bridgehead atoms. The summed E-state index contributed by atoms with van der Waals surface area (Å²) in [7, 11) is 0. The van der Waals surface area contributed by atoms with Crippen LogP contribution in [0.1, 0.15) is 13.8 Å². The predicted octanol–water partition coefficient (Wildman–Crippen LogP) is -1.07. The standard InChI is InChI=1S/C7H13NO3/c1-7(2)6(11)5(10)4(9)3-8-7/h3-6,9-11H,1-2H3. The van der Waals surface area contributed by atoms with Crippen LogP contribution in [0.15, 0.2) is 4.99 Å². The molecular formula is C7H13NO3. The molecule has 1 rings (SSSR count). The molecule has 4 heteroatoms. The molecule has 1 heterocycles. The van der Waals surface area contributed by atoms with Crippen molar-refractivity contribution in [2.45, 2.75) is 37.7 Å². The lowest BCUT2D eigenvalue weighted by Gasteiger charge is -2.35. The van der Waals surface area contributed by atoms with Crippen LogP contribution < -0.4 is 0 Å². The van der Waals surface area contributed by atoms with Crippen LogP contribution in [0.2, 0.25) is 0 Å². The lowest BCUT2D eigenvalue weighted by molar-refractivity contribution is -0.0670. The van der Waals surface area contributed by atoms with Gasteiger partial charge in [0, 0.05) is 6.21 Å². The topological polar surface area (TPSA) is 73.1 Å². The minimum absolute atomic E-state index is 0.696. The Morgan fingerprint density at radius 1 is 1.27 bits per heavy atom. The summed E-state index contributed by atoms with van der Waals surface area (Å²) >= 11 is 0. The van der Waals surface area contributed by atoms with E-state index in [9.17, 15) is 10.2 Å². The average Bonchev–Trinajstić information content (AvgIpc) is 1.95. The summed E-state index contributed by atoms with van der Waals surface area (Å²) in [5, 5.41) is 27.6. The number of aliphatic hydroxyl groups is 3. The normalized spacial score (nSPS) is 42.5. The molecule has 1 aliphatic heterocycles. The van der Waals surface area contributed by atoms with Crippen LogP contribution in [0, 0.1) is 0 Å². The van der Waals surface area contributed by atoms with Crippen LogP contribution in [0.5, 0.6) is 0 Å². The minimum Gasteiger partial charge on any atom is -0.388 e. The van der Waals surface area contributed by atoms with Gasteiger partial charge in [0.15, 0.2) is 0 Å². The third-order valence-corrected chi connectivity index (χ3v) is 1.96. The second-order valence-electron chi connectivity index (χ2n) is 3.36. The van der Waals surface area contributed by atoms with E-state index in [0.29, 0.717) is 0 Å². The summed E-state index contributed by atoms with van der Waals surface area (Å²) in [5.41, 5.74) is -0.696. The largest absolute Gasteiger partial charge is 0.388 e. The highest BCUT2D eigenvalue weighted by Gasteiger charge is 2.39. The Hall–Kier alpha value is -0.450. The van der Waals surface area contributed by atoms with E-state index in [4.69, 9.17) is 5.11 Å². The zero-order valence-corrected chi connectivity index (χ0v) is 6.60. The van der Waals surface area contributed by atoms with Crippen molar-refractivity contribution in [3.05, 3.63) is 0 Å². The highest BCUT2D eigenvalue weighted by molar-refractivity contribution is 5.66. The van der Waals surface area contributed by atoms with Gasteiger partial charge >= 0.3 is 0 Å². The lowest BCUT2D eigenvalue weighted by atomic mass is 9.88. The molecule has 0 saturated carbocycles. The molecule has 1 aliphatic rings. The van der Waals surface area contributed by atoms with Gasteiger partial charge in [0.2, 0.25) is 0 Å². The summed E-state index contributed by atoms with van der Waals surface area (Å²) in [6.45, 7) is 3.40. The van der Waals surface area contributed by atoms with Crippen molar-refractivity contribution in [1.82, 2.24) is 0 Å². The number of rotatable bonds is 0. The molecule has 0 aromatic heterocycles.